The molecule has 4 heteroatoms. The Kier molecular flexibility index (Phi) is 3.57. The van der Waals surface area contributed by atoms with Gasteiger partial charge < -0.3 is 4.74 Å². The number of benzene rings is 2. The Hall–Kier alpha value is -2.36. The van der Waals surface area contributed by atoms with Crippen molar-refractivity contribution >= 4 is 11.8 Å². The molecule has 0 spiro atoms. The maximum atomic E-state index is 13.2. The molecule has 0 aliphatic rings. The molecule has 0 aliphatic carbocycles. The van der Waals surface area contributed by atoms with Crippen molar-refractivity contribution < 1.29 is 13.9 Å². The van der Waals surface area contributed by atoms with Crippen LogP contribution in [0.2, 0.25) is 0 Å². The summed E-state index contributed by atoms with van der Waals surface area (Å²) in [4.78, 5) is 11.2. The van der Waals surface area contributed by atoms with Gasteiger partial charge in [0.1, 0.15) is 5.82 Å². The number of hydrogen-bond acceptors (Lipinski definition) is 2. The molecule has 0 saturated carbocycles. The Bertz CT molecular complexity index is 555. The van der Waals surface area contributed by atoms with Gasteiger partial charge in [-0.1, -0.05) is 30.3 Å². The first-order valence-corrected chi connectivity index (χ1v) is 5.40. The zero-order chi connectivity index (χ0) is 13.0. The van der Waals surface area contributed by atoms with Gasteiger partial charge in [0.05, 0.1) is 12.8 Å². The third-order valence-electron chi connectivity index (χ3n) is 2.49. The lowest BCUT2D eigenvalue weighted by atomic mass is 10.0. The molecule has 0 aliphatic heterocycles. The quantitative estimate of drug-likeness (QED) is 0.876. The van der Waals surface area contributed by atoms with Gasteiger partial charge in [-0.2, -0.15) is 0 Å². The van der Waals surface area contributed by atoms with Crippen LogP contribution in [0.4, 0.5) is 14.9 Å². The van der Waals surface area contributed by atoms with Gasteiger partial charge in [0.15, 0.2) is 0 Å². The molecule has 2 rings (SSSR count). The number of halogens is 1. The highest BCUT2D eigenvalue weighted by Crippen LogP contribution is 2.28. The average Bonchev–Trinajstić information content (AvgIpc) is 2.40. The Balaban J connectivity index is 2.44. The van der Waals surface area contributed by atoms with Crippen LogP contribution in [0, 0.1) is 5.82 Å². The monoisotopic (exact) mass is 245 g/mol. The van der Waals surface area contributed by atoms with Crippen LogP contribution in [0.3, 0.4) is 0 Å². The minimum atomic E-state index is -0.627. The number of carbonyl (C=O) groups excluding carboxylic acids is 1. The highest BCUT2D eigenvalue weighted by Gasteiger charge is 2.09. The number of rotatable bonds is 2. The number of amides is 1. The molecule has 0 aromatic heterocycles. The molecule has 3 nitrogen and oxygen atoms in total. The molecule has 92 valence electrons. The molecule has 0 radical (unpaired) electrons. The molecule has 0 saturated heterocycles. The van der Waals surface area contributed by atoms with E-state index in [9.17, 15) is 9.18 Å². The predicted octanol–water partition coefficient (Wildman–Crippen LogP) is 3.67. The van der Waals surface area contributed by atoms with Crippen molar-refractivity contribution in [1.29, 1.82) is 0 Å². The lowest BCUT2D eigenvalue weighted by Gasteiger charge is -2.10. The van der Waals surface area contributed by atoms with Gasteiger partial charge >= 0.3 is 6.09 Å². The second-order valence-corrected chi connectivity index (χ2v) is 3.67. The van der Waals surface area contributed by atoms with Gasteiger partial charge in [-0.15, -0.1) is 0 Å². The Morgan fingerprint density at radius 3 is 2.56 bits per heavy atom. The van der Waals surface area contributed by atoms with Crippen molar-refractivity contribution in [2.24, 2.45) is 0 Å². The van der Waals surface area contributed by atoms with Crippen LogP contribution < -0.4 is 5.32 Å². The summed E-state index contributed by atoms with van der Waals surface area (Å²) in [5.74, 6) is -0.416. The molecule has 18 heavy (non-hydrogen) atoms. The number of hydrogen-bond donors (Lipinski definition) is 1. The van der Waals surface area contributed by atoms with Crippen LogP contribution >= 0.6 is 0 Å². The molecule has 0 unspecified atom stereocenters. The highest BCUT2D eigenvalue weighted by atomic mass is 19.1. The van der Waals surface area contributed by atoms with Crippen LogP contribution in [0.15, 0.2) is 48.5 Å². The molecule has 2 aromatic rings. The summed E-state index contributed by atoms with van der Waals surface area (Å²) in [5, 5.41) is 2.50. The first-order valence-electron chi connectivity index (χ1n) is 5.40. The minimum absolute atomic E-state index is 0.382. The largest absolute Gasteiger partial charge is 0.453 e. The average molecular weight is 245 g/mol. The number of nitrogens with one attached hydrogen (secondary N) is 1. The molecule has 0 atom stereocenters. The predicted molar refractivity (Wildman–Crippen MR) is 67.9 cm³/mol. The Morgan fingerprint density at radius 1 is 1.17 bits per heavy atom. The topological polar surface area (TPSA) is 38.3 Å². The van der Waals surface area contributed by atoms with Crippen LogP contribution in [-0.2, 0) is 4.74 Å². The van der Waals surface area contributed by atoms with Crippen LogP contribution in [0.25, 0.3) is 11.1 Å². The van der Waals surface area contributed by atoms with Gasteiger partial charge in [-0.3, -0.25) is 5.32 Å². The molecule has 0 heterocycles. The molecular formula is C14H12FNO2. The fraction of sp³-hybridized carbons (Fsp3) is 0.0714. The van der Waals surface area contributed by atoms with E-state index in [2.05, 4.69) is 10.1 Å². The third-order valence-corrected chi connectivity index (χ3v) is 2.49. The second kappa shape index (κ2) is 5.31. The number of methoxy groups -OCH3 is 1. The fourth-order valence-corrected chi connectivity index (χ4v) is 1.65. The molecule has 0 bridgehead atoms. The SMILES string of the molecule is COC(=O)Nc1cc(F)ccc1-c1ccccc1. The second-order valence-electron chi connectivity index (χ2n) is 3.67. The van der Waals surface area contributed by atoms with E-state index in [1.54, 1.807) is 6.07 Å². The Labute approximate surface area is 104 Å². The summed E-state index contributed by atoms with van der Waals surface area (Å²) in [5.41, 5.74) is 2.01. The summed E-state index contributed by atoms with van der Waals surface area (Å²) in [7, 11) is 1.26. The van der Waals surface area contributed by atoms with E-state index in [1.165, 1.54) is 19.2 Å². The maximum Gasteiger partial charge on any atom is 0.411 e. The summed E-state index contributed by atoms with van der Waals surface area (Å²) in [6.45, 7) is 0. The smallest absolute Gasteiger partial charge is 0.411 e. The summed E-state index contributed by atoms with van der Waals surface area (Å²) in [6, 6.07) is 13.6. The molecular weight excluding hydrogens is 233 g/mol. The van der Waals surface area contributed by atoms with Crippen molar-refractivity contribution in [3.8, 4) is 11.1 Å². The number of carbonyl (C=O) groups is 1. The first-order chi connectivity index (χ1) is 8.70. The molecule has 1 amide bonds. The van der Waals surface area contributed by atoms with Gasteiger partial charge in [-0.25, -0.2) is 9.18 Å². The fourth-order valence-electron chi connectivity index (χ4n) is 1.65. The molecule has 1 N–H and O–H groups in total. The maximum absolute atomic E-state index is 13.2. The zero-order valence-electron chi connectivity index (χ0n) is 9.81. The van der Waals surface area contributed by atoms with Gasteiger partial charge in [-0.05, 0) is 23.8 Å². The van der Waals surface area contributed by atoms with Crippen LogP contribution in [0.5, 0.6) is 0 Å². The van der Waals surface area contributed by atoms with Crippen LogP contribution in [0.1, 0.15) is 0 Å². The lowest BCUT2D eigenvalue weighted by Crippen LogP contribution is -2.11. The van der Waals surface area contributed by atoms with E-state index in [0.717, 1.165) is 11.1 Å². The van der Waals surface area contributed by atoms with Crippen molar-refractivity contribution in [2.75, 3.05) is 12.4 Å². The third kappa shape index (κ3) is 2.66. The van der Waals surface area contributed by atoms with E-state index in [4.69, 9.17) is 0 Å². The van der Waals surface area contributed by atoms with Crippen LogP contribution in [-0.4, -0.2) is 13.2 Å². The van der Waals surface area contributed by atoms with Gasteiger partial charge in [0, 0.05) is 5.56 Å². The van der Waals surface area contributed by atoms with Crippen molar-refractivity contribution in [2.45, 2.75) is 0 Å². The normalized spacial score (nSPS) is 9.89. The van der Waals surface area contributed by atoms with E-state index in [0.29, 0.717) is 5.69 Å². The van der Waals surface area contributed by atoms with Crippen molar-refractivity contribution in [3.05, 3.63) is 54.3 Å². The van der Waals surface area contributed by atoms with E-state index in [-0.39, 0.29) is 0 Å². The summed E-state index contributed by atoms with van der Waals surface area (Å²) >= 11 is 0. The van der Waals surface area contributed by atoms with E-state index >= 15 is 0 Å². The molecule has 2 aromatic carbocycles. The summed E-state index contributed by atoms with van der Waals surface area (Å²) in [6.07, 6.45) is -0.627. The van der Waals surface area contributed by atoms with E-state index < -0.39 is 11.9 Å². The number of anilines is 1. The Morgan fingerprint density at radius 2 is 1.89 bits per heavy atom. The number of ether oxygens (including phenoxy) is 1. The first kappa shape index (κ1) is 12.1. The van der Waals surface area contributed by atoms with Crippen molar-refractivity contribution in [3.63, 3.8) is 0 Å². The van der Waals surface area contributed by atoms with Gasteiger partial charge in [0.2, 0.25) is 0 Å². The molecule has 0 fully saturated rings. The minimum Gasteiger partial charge on any atom is -0.453 e. The summed E-state index contributed by atoms with van der Waals surface area (Å²) < 4.78 is 17.7. The van der Waals surface area contributed by atoms with E-state index in [1.807, 2.05) is 30.3 Å². The lowest BCUT2D eigenvalue weighted by molar-refractivity contribution is 0.187. The van der Waals surface area contributed by atoms with Crippen molar-refractivity contribution in [1.82, 2.24) is 0 Å². The standard InChI is InChI=1S/C14H12FNO2/c1-18-14(17)16-13-9-11(15)7-8-12(13)10-5-3-2-4-6-10/h2-9H,1H3,(H,16,17). The highest BCUT2D eigenvalue weighted by molar-refractivity contribution is 5.91. The van der Waals surface area contributed by atoms with Gasteiger partial charge in [0.25, 0.3) is 0 Å². The zero-order valence-corrected chi connectivity index (χ0v) is 9.81.